The van der Waals surface area contributed by atoms with Crippen molar-refractivity contribution in [2.45, 2.75) is 78.1 Å². The number of carbonyl (C=O) groups excluding carboxylic acids is 4. The van der Waals surface area contributed by atoms with Gasteiger partial charge in [-0.15, -0.1) is 11.6 Å². The third kappa shape index (κ3) is 6.08. The van der Waals surface area contributed by atoms with Crippen molar-refractivity contribution in [3.8, 4) is 0 Å². The van der Waals surface area contributed by atoms with Gasteiger partial charge in [0.2, 0.25) is 0 Å². The first kappa shape index (κ1) is 26.7. The Kier molecular flexibility index (Phi) is 10.6. The topological polar surface area (TPSA) is 68.3 Å². The molecule has 0 radical (unpaired) electrons. The van der Waals surface area contributed by atoms with Gasteiger partial charge in [-0.3, -0.25) is 19.2 Å². The Morgan fingerprint density at radius 3 is 2.16 bits per heavy atom. The molecule has 0 aliphatic heterocycles. The van der Waals surface area contributed by atoms with Crippen LogP contribution in [0.15, 0.2) is 24.3 Å². The second kappa shape index (κ2) is 12.6. The lowest BCUT2D eigenvalue weighted by Crippen LogP contribution is -2.57. The van der Waals surface area contributed by atoms with Crippen LogP contribution in [0.2, 0.25) is 5.02 Å². The number of rotatable bonds is 13. The van der Waals surface area contributed by atoms with Crippen LogP contribution in [0.25, 0.3) is 0 Å². The molecule has 1 aromatic rings. The van der Waals surface area contributed by atoms with Gasteiger partial charge in [0.15, 0.2) is 23.1 Å². The molecule has 0 saturated heterocycles. The van der Waals surface area contributed by atoms with Crippen molar-refractivity contribution in [3.63, 3.8) is 0 Å². The zero-order valence-corrected chi connectivity index (χ0v) is 20.6. The van der Waals surface area contributed by atoms with Crippen molar-refractivity contribution in [2.75, 3.05) is 5.88 Å². The molecule has 1 aliphatic carbocycles. The second-order valence-corrected chi connectivity index (χ2v) is 9.64. The van der Waals surface area contributed by atoms with E-state index in [1.54, 1.807) is 12.1 Å². The van der Waals surface area contributed by atoms with Crippen LogP contribution in [0.1, 0.15) is 77.2 Å². The number of Topliss-reactive ketones (excluding diaryl/α,β-unsaturated/α-hetero) is 4. The number of unbranched alkanes of at least 4 members (excludes halogenated alkanes) is 2. The predicted molar refractivity (Wildman–Crippen MR) is 128 cm³/mol. The third-order valence-corrected chi connectivity index (χ3v) is 7.11. The van der Waals surface area contributed by atoms with Gasteiger partial charge in [0.25, 0.3) is 0 Å². The van der Waals surface area contributed by atoms with Gasteiger partial charge in [0.05, 0.1) is 11.3 Å². The summed E-state index contributed by atoms with van der Waals surface area (Å²) in [6.07, 6.45) is 5.17. The summed E-state index contributed by atoms with van der Waals surface area (Å²) in [5, 5.41) is 0.606. The lowest BCUT2D eigenvalue weighted by molar-refractivity contribution is -0.160. The minimum absolute atomic E-state index is 0.0812. The Morgan fingerprint density at radius 1 is 0.938 bits per heavy atom. The normalized spacial score (nSPS) is 23.6. The lowest BCUT2D eigenvalue weighted by atomic mass is 9.57. The molecule has 3 atom stereocenters. The lowest BCUT2D eigenvalue weighted by Gasteiger charge is -2.41. The van der Waals surface area contributed by atoms with Gasteiger partial charge in [0, 0.05) is 17.3 Å². The fourth-order valence-electron chi connectivity index (χ4n) is 4.71. The van der Waals surface area contributed by atoms with Crippen LogP contribution in [0.4, 0.5) is 0 Å². The Hall–Kier alpha value is -1.52. The minimum atomic E-state index is -1.34. The number of ketones is 4. The number of hydrogen-bond acceptors (Lipinski definition) is 4. The minimum Gasteiger partial charge on any atom is -0.298 e. The van der Waals surface area contributed by atoms with Crippen molar-refractivity contribution in [1.82, 2.24) is 0 Å². The summed E-state index contributed by atoms with van der Waals surface area (Å²) >= 11 is 11.8. The van der Waals surface area contributed by atoms with Crippen LogP contribution in [-0.4, -0.2) is 29.0 Å². The average Bonchev–Trinajstić information content (AvgIpc) is 2.78. The summed E-state index contributed by atoms with van der Waals surface area (Å²) in [6, 6.07) is 7.17. The Morgan fingerprint density at radius 2 is 1.56 bits per heavy atom. The molecule has 2 rings (SSSR count). The van der Waals surface area contributed by atoms with Gasteiger partial charge in [-0.05, 0) is 49.8 Å². The molecule has 6 heteroatoms. The highest BCUT2D eigenvalue weighted by Gasteiger charge is 2.58. The highest BCUT2D eigenvalue weighted by atomic mass is 35.5. The molecule has 0 spiro atoms. The van der Waals surface area contributed by atoms with Gasteiger partial charge >= 0.3 is 0 Å². The van der Waals surface area contributed by atoms with Crippen molar-refractivity contribution < 1.29 is 19.2 Å². The van der Waals surface area contributed by atoms with E-state index in [1.165, 1.54) is 0 Å². The molecule has 3 unspecified atom stereocenters. The summed E-state index contributed by atoms with van der Waals surface area (Å²) in [7, 11) is 0. The van der Waals surface area contributed by atoms with Gasteiger partial charge in [0.1, 0.15) is 5.92 Å². The largest absolute Gasteiger partial charge is 0.298 e. The highest BCUT2D eigenvalue weighted by molar-refractivity contribution is 6.34. The van der Waals surface area contributed by atoms with Crippen molar-refractivity contribution in [3.05, 3.63) is 34.9 Å². The average molecular weight is 481 g/mol. The molecule has 0 aromatic heterocycles. The van der Waals surface area contributed by atoms with Crippen LogP contribution in [0.3, 0.4) is 0 Å². The first-order chi connectivity index (χ1) is 15.3. The molecule has 32 heavy (non-hydrogen) atoms. The van der Waals surface area contributed by atoms with E-state index in [0.717, 1.165) is 18.4 Å². The van der Waals surface area contributed by atoms with Crippen LogP contribution in [-0.2, 0) is 25.6 Å². The summed E-state index contributed by atoms with van der Waals surface area (Å²) in [6.45, 7) is 4.00. The zero-order valence-electron chi connectivity index (χ0n) is 19.1. The van der Waals surface area contributed by atoms with Gasteiger partial charge in [-0.1, -0.05) is 63.3 Å². The van der Waals surface area contributed by atoms with E-state index in [-0.39, 0.29) is 18.0 Å². The predicted octanol–water partition coefficient (Wildman–Crippen LogP) is 6.18. The van der Waals surface area contributed by atoms with E-state index in [2.05, 4.69) is 0 Å². The highest BCUT2D eigenvalue weighted by Crippen LogP contribution is 2.44. The van der Waals surface area contributed by atoms with Crippen LogP contribution >= 0.6 is 23.2 Å². The molecular formula is C26H34Cl2O4. The summed E-state index contributed by atoms with van der Waals surface area (Å²) in [4.78, 5) is 53.7. The molecule has 176 valence electrons. The van der Waals surface area contributed by atoms with Crippen LogP contribution in [0.5, 0.6) is 0 Å². The van der Waals surface area contributed by atoms with Crippen LogP contribution in [0, 0.1) is 17.3 Å². The van der Waals surface area contributed by atoms with Gasteiger partial charge < -0.3 is 0 Å². The molecule has 1 aliphatic rings. The van der Waals surface area contributed by atoms with Gasteiger partial charge in [-0.2, -0.15) is 0 Å². The third-order valence-electron chi connectivity index (χ3n) is 6.59. The molecule has 1 saturated carbocycles. The van der Waals surface area contributed by atoms with Gasteiger partial charge in [-0.25, -0.2) is 0 Å². The molecule has 4 nitrogen and oxygen atoms in total. The Labute approximate surface area is 201 Å². The van der Waals surface area contributed by atoms with E-state index < -0.39 is 28.8 Å². The first-order valence-corrected chi connectivity index (χ1v) is 12.7. The molecule has 1 fully saturated rings. The smallest absolute Gasteiger partial charge is 0.164 e. The van der Waals surface area contributed by atoms with Crippen molar-refractivity contribution in [1.29, 1.82) is 0 Å². The van der Waals surface area contributed by atoms with E-state index in [9.17, 15) is 19.2 Å². The molecular weight excluding hydrogens is 447 g/mol. The van der Waals surface area contributed by atoms with E-state index in [4.69, 9.17) is 23.2 Å². The van der Waals surface area contributed by atoms with E-state index in [0.29, 0.717) is 55.8 Å². The maximum absolute atomic E-state index is 13.7. The number of carbonyl (C=O) groups is 4. The fourth-order valence-corrected chi connectivity index (χ4v) is 4.96. The standard InChI is InChI=1S/C26H34Cl2O4/c1-3-5-8-20-23(30)22(21(29)14-11-18-9-12-19(28)13-10-18)25(32)26(24(20)31,15-6-4-2)16-7-17-27/h9-10,12-13,20,22H,3-8,11,14-17H2,1-2H3. The summed E-state index contributed by atoms with van der Waals surface area (Å²) in [5.74, 6) is -3.51. The quantitative estimate of drug-likeness (QED) is 0.249. The maximum Gasteiger partial charge on any atom is 0.164 e. The number of alkyl halides is 1. The molecule has 0 heterocycles. The summed E-state index contributed by atoms with van der Waals surface area (Å²) < 4.78 is 0. The number of hydrogen-bond donors (Lipinski definition) is 0. The number of halogens is 2. The number of benzene rings is 1. The van der Waals surface area contributed by atoms with E-state index >= 15 is 0 Å². The molecule has 0 amide bonds. The zero-order chi connectivity index (χ0) is 23.7. The maximum atomic E-state index is 13.7. The van der Waals surface area contributed by atoms with Crippen molar-refractivity contribution in [2.24, 2.45) is 17.3 Å². The Bertz CT molecular complexity index is 808. The Balaban J connectivity index is 2.35. The SMILES string of the molecule is CCCCC1C(=O)C(C(=O)CCc2ccc(Cl)cc2)C(=O)C(CCCC)(CCCCl)C1=O. The van der Waals surface area contributed by atoms with Crippen molar-refractivity contribution >= 4 is 46.3 Å². The van der Waals surface area contributed by atoms with Crippen LogP contribution < -0.4 is 0 Å². The first-order valence-electron chi connectivity index (χ1n) is 11.8. The molecule has 0 N–H and O–H groups in total. The summed E-state index contributed by atoms with van der Waals surface area (Å²) in [5.41, 5.74) is -0.353. The molecule has 1 aromatic carbocycles. The number of aryl methyl sites for hydroxylation is 1. The molecule has 0 bridgehead atoms. The second-order valence-electron chi connectivity index (χ2n) is 8.83. The fraction of sp³-hybridized carbons (Fsp3) is 0.615. The van der Waals surface area contributed by atoms with E-state index in [1.807, 2.05) is 26.0 Å². The monoisotopic (exact) mass is 480 g/mol.